The van der Waals surface area contributed by atoms with Crippen molar-refractivity contribution in [2.24, 2.45) is 5.92 Å². The van der Waals surface area contributed by atoms with Crippen LogP contribution < -0.4 is 9.47 Å². The summed E-state index contributed by atoms with van der Waals surface area (Å²) >= 11 is 3.48. The van der Waals surface area contributed by atoms with Crippen LogP contribution >= 0.6 is 15.9 Å². The predicted molar refractivity (Wildman–Crippen MR) is 74.1 cm³/mol. The summed E-state index contributed by atoms with van der Waals surface area (Å²) in [5.74, 6) is 2.14. The van der Waals surface area contributed by atoms with Crippen molar-refractivity contribution in [1.29, 1.82) is 0 Å². The van der Waals surface area contributed by atoms with Gasteiger partial charge >= 0.3 is 0 Å². The molecule has 3 nitrogen and oxygen atoms in total. The molecule has 0 spiro atoms. The van der Waals surface area contributed by atoms with Crippen LogP contribution in [0.2, 0.25) is 0 Å². The lowest BCUT2D eigenvalue weighted by Gasteiger charge is -2.26. The minimum Gasteiger partial charge on any atom is -0.490 e. The second-order valence-electron chi connectivity index (χ2n) is 4.60. The van der Waals surface area contributed by atoms with Gasteiger partial charge in [0.25, 0.3) is 0 Å². The third kappa shape index (κ3) is 3.18. The van der Waals surface area contributed by atoms with Gasteiger partial charge in [-0.3, -0.25) is 0 Å². The summed E-state index contributed by atoms with van der Waals surface area (Å²) in [7, 11) is 0. The van der Waals surface area contributed by atoms with Crippen LogP contribution in [0.1, 0.15) is 31.7 Å². The molecule has 0 heterocycles. The number of aliphatic hydroxyl groups is 1. The largest absolute Gasteiger partial charge is 0.490 e. The van der Waals surface area contributed by atoms with Gasteiger partial charge in [-0.2, -0.15) is 0 Å². The van der Waals surface area contributed by atoms with E-state index in [1.807, 2.05) is 19.1 Å². The van der Waals surface area contributed by atoms with Crippen LogP contribution in [0.25, 0.3) is 0 Å². The van der Waals surface area contributed by atoms with Crippen molar-refractivity contribution in [1.82, 2.24) is 0 Å². The number of halogens is 1. The summed E-state index contributed by atoms with van der Waals surface area (Å²) in [6, 6.07) is 3.71. The molecule has 0 saturated heterocycles. The average molecular weight is 315 g/mol. The van der Waals surface area contributed by atoms with Crippen molar-refractivity contribution in [3.63, 3.8) is 0 Å². The zero-order valence-corrected chi connectivity index (χ0v) is 12.2. The molecule has 1 saturated carbocycles. The highest BCUT2D eigenvalue weighted by Gasteiger charge is 2.20. The quantitative estimate of drug-likeness (QED) is 0.873. The first kappa shape index (κ1) is 13.7. The van der Waals surface area contributed by atoms with Crippen LogP contribution in [0.4, 0.5) is 0 Å². The van der Waals surface area contributed by atoms with Gasteiger partial charge in [-0.1, -0.05) is 6.42 Å². The van der Waals surface area contributed by atoms with E-state index in [0.717, 1.165) is 22.4 Å². The number of aliphatic hydroxyl groups excluding tert-OH is 1. The van der Waals surface area contributed by atoms with Crippen molar-refractivity contribution in [3.05, 3.63) is 22.2 Å². The predicted octanol–water partition coefficient (Wildman–Crippen LogP) is 3.52. The maximum absolute atomic E-state index is 9.19. The molecule has 0 aromatic heterocycles. The lowest BCUT2D eigenvalue weighted by Crippen LogP contribution is -2.19. The lowest BCUT2D eigenvalue weighted by molar-refractivity contribution is 0.173. The molecule has 2 rings (SSSR count). The number of hydrogen-bond donors (Lipinski definition) is 1. The van der Waals surface area contributed by atoms with Crippen LogP contribution in [-0.4, -0.2) is 18.3 Å². The van der Waals surface area contributed by atoms with Gasteiger partial charge in [0.05, 0.1) is 24.3 Å². The molecule has 0 amide bonds. The first-order chi connectivity index (χ1) is 8.74. The van der Waals surface area contributed by atoms with E-state index in [9.17, 15) is 5.11 Å². The molecule has 4 heteroatoms. The standard InChI is InChI=1S/C14H19BrO3/c1-2-17-13-7-11(8-16)6-12(15)14(13)18-9-10-4-3-5-10/h6-7,10,16H,2-5,8-9H2,1H3. The molecule has 1 fully saturated rings. The fourth-order valence-electron chi connectivity index (χ4n) is 1.98. The van der Waals surface area contributed by atoms with Crippen LogP contribution in [0.5, 0.6) is 11.5 Å². The Labute approximate surface area is 116 Å². The van der Waals surface area contributed by atoms with E-state index < -0.39 is 0 Å². The van der Waals surface area contributed by atoms with Gasteiger partial charge in [-0.05, 0) is 59.3 Å². The third-order valence-corrected chi connectivity index (χ3v) is 3.83. The zero-order valence-electron chi connectivity index (χ0n) is 10.6. The summed E-state index contributed by atoms with van der Waals surface area (Å²) < 4.78 is 12.3. The van der Waals surface area contributed by atoms with Crippen LogP contribution in [0, 0.1) is 5.92 Å². The molecule has 0 radical (unpaired) electrons. The SMILES string of the molecule is CCOc1cc(CO)cc(Br)c1OCC1CCC1. The van der Waals surface area contributed by atoms with E-state index in [2.05, 4.69) is 15.9 Å². The molecule has 18 heavy (non-hydrogen) atoms. The van der Waals surface area contributed by atoms with Gasteiger partial charge in [0, 0.05) is 0 Å². The molecule has 0 atom stereocenters. The zero-order chi connectivity index (χ0) is 13.0. The minimum absolute atomic E-state index is 0.00157. The summed E-state index contributed by atoms with van der Waals surface area (Å²) in [5, 5.41) is 9.19. The maximum atomic E-state index is 9.19. The Morgan fingerprint density at radius 1 is 1.33 bits per heavy atom. The third-order valence-electron chi connectivity index (χ3n) is 3.24. The fraction of sp³-hybridized carbons (Fsp3) is 0.571. The molecular formula is C14H19BrO3. The van der Waals surface area contributed by atoms with E-state index >= 15 is 0 Å². The minimum atomic E-state index is 0.00157. The summed E-state index contributed by atoms with van der Waals surface area (Å²) in [6.07, 6.45) is 3.84. The highest BCUT2D eigenvalue weighted by Crippen LogP contribution is 2.38. The van der Waals surface area contributed by atoms with E-state index in [1.54, 1.807) is 0 Å². The van der Waals surface area contributed by atoms with Crippen molar-refractivity contribution >= 4 is 15.9 Å². The van der Waals surface area contributed by atoms with Gasteiger partial charge in [0.15, 0.2) is 11.5 Å². The summed E-state index contributed by atoms with van der Waals surface area (Å²) in [5.41, 5.74) is 0.821. The molecule has 100 valence electrons. The molecule has 1 N–H and O–H groups in total. The molecule has 1 aromatic rings. The Kier molecular flexibility index (Phi) is 4.89. The molecule has 0 aliphatic heterocycles. The van der Waals surface area contributed by atoms with Gasteiger partial charge < -0.3 is 14.6 Å². The van der Waals surface area contributed by atoms with Crippen LogP contribution in [0.15, 0.2) is 16.6 Å². The summed E-state index contributed by atoms with van der Waals surface area (Å²) in [6.45, 7) is 3.27. The Morgan fingerprint density at radius 3 is 2.67 bits per heavy atom. The van der Waals surface area contributed by atoms with E-state index in [0.29, 0.717) is 18.3 Å². The van der Waals surface area contributed by atoms with E-state index in [1.165, 1.54) is 19.3 Å². The highest BCUT2D eigenvalue weighted by molar-refractivity contribution is 9.10. The van der Waals surface area contributed by atoms with Crippen LogP contribution in [0.3, 0.4) is 0 Å². The van der Waals surface area contributed by atoms with Crippen molar-refractivity contribution in [2.75, 3.05) is 13.2 Å². The number of ether oxygens (including phenoxy) is 2. The van der Waals surface area contributed by atoms with Crippen molar-refractivity contribution in [2.45, 2.75) is 32.8 Å². The number of rotatable bonds is 6. The number of hydrogen-bond acceptors (Lipinski definition) is 3. The Hall–Kier alpha value is -0.740. The molecule has 0 bridgehead atoms. The Morgan fingerprint density at radius 2 is 2.11 bits per heavy atom. The van der Waals surface area contributed by atoms with E-state index in [-0.39, 0.29) is 6.61 Å². The fourth-order valence-corrected chi connectivity index (χ4v) is 2.58. The Bertz CT molecular complexity index is 402. The first-order valence-electron chi connectivity index (χ1n) is 6.43. The molecule has 1 aliphatic carbocycles. The molecule has 1 aromatic carbocycles. The summed E-state index contributed by atoms with van der Waals surface area (Å²) in [4.78, 5) is 0. The maximum Gasteiger partial charge on any atom is 0.175 e. The average Bonchev–Trinajstić information content (AvgIpc) is 2.30. The molecule has 1 aliphatic rings. The smallest absolute Gasteiger partial charge is 0.175 e. The lowest BCUT2D eigenvalue weighted by atomic mass is 9.86. The van der Waals surface area contributed by atoms with Gasteiger partial charge in [-0.15, -0.1) is 0 Å². The second-order valence-corrected chi connectivity index (χ2v) is 5.46. The van der Waals surface area contributed by atoms with Crippen molar-refractivity contribution < 1.29 is 14.6 Å². The number of benzene rings is 1. The van der Waals surface area contributed by atoms with Gasteiger partial charge in [0.1, 0.15) is 0 Å². The van der Waals surface area contributed by atoms with Crippen molar-refractivity contribution in [3.8, 4) is 11.5 Å². The normalized spacial score (nSPS) is 15.3. The first-order valence-corrected chi connectivity index (χ1v) is 7.22. The highest BCUT2D eigenvalue weighted by atomic mass is 79.9. The van der Waals surface area contributed by atoms with E-state index in [4.69, 9.17) is 9.47 Å². The monoisotopic (exact) mass is 314 g/mol. The van der Waals surface area contributed by atoms with Crippen LogP contribution in [-0.2, 0) is 6.61 Å². The van der Waals surface area contributed by atoms with Gasteiger partial charge in [0.2, 0.25) is 0 Å². The topological polar surface area (TPSA) is 38.7 Å². The van der Waals surface area contributed by atoms with Gasteiger partial charge in [-0.25, -0.2) is 0 Å². The Balaban J connectivity index is 2.13. The molecular weight excluding hydrogens is 296 g/mol. The molecule has 0 unspecified atom stereocenters. The second kappa shape index (κ2) is 6.43.